The quantitative estimate of drug-likeness (QED) is 0.120. The van der Waals surface area contributed by atoms with Crippen molar-refractivity contribution in [3.63, 3.8) is 0 Å². The van der Waals surface area contributed by atoms with Gasteiger partial charge in [-0.1, -0.05) is 37.4 Å². The van der Waals surface area contributed by atoms with Gasteiger partial charge < -0.3 is 20.1 Å². The summed E-state index contributed by atoms with van der Waals surface area (Å²) in [5, 5.41) is 6.42. The molecule has 0 atom stereocenters. The normalized spacial score (nSPS) is 11.6. The maximum atomic E-state index is 13.8. The molecular weight excluding hydrogens is 532 g/mol. The van der Waals surface area contributed by atoms with Gasteiger partial charge >= 0.3 is 11.9 Å². The highest BCUT2D eigenvalue weighted by molar-refractivity contribution is 6.32. The van der Waals surface area contributed by atoms with Crippen LogP contribution in [0.1, 0.15) is 45.7 Å². The molecule has 0 spiro atoms. The Morgan fingerprint density at radius 2 is 0.929 bits per heavy atom. The number of nitrogens with one attached hydrogen (secondary N) is 2. The zero-order valence-electron chi connectivity index (χ0n) is 22.9. The Balaban J connectivity index is 1.40. The second-order valence-electron chi connectivity index (χ2n) is 9.75. The number of benzene rings is 4. The van der Waals surface area contributed by atoms with E-state index in [0.717, 1.165) is 0 Å². The van der Waals surface area contributed by atoms with Crippen LogP contribution in [-0.2, 0) is 9.59 Å². The summed E-state index contributed by atoms with van der Waals surface area (Å²) in [4.78, 5) is 51.1. The molecule has 42 heavy (non-hydrogen) atoms. The lowest BCUT2D eigenvalue weighted by Gasteiger charge is -2.23. The van der Waals surface area contributed by atoms with Gasteiger partial charge in [0.15, 0.2) is 11.6 Å². The molecule has 8 nitrogen and oxygen atoms in total. The van der Waals surface area contributed by atoms with Crippen LogP contribution in [0.15, 0.2) is 109 Å². The summed E-state index contributed by atoms with van der Waals surface area (Å²) in [5.74, 6) is -0.922. The SMILES string of the molecule is C=C(C)C(=O)Oc1ccc(Nc2cccc3c2C(=O)c2cccc(Nc4ccc(OC(=O)C(=C)C)cc4)c2C3=O)cc1. The van der Waals surface area contributed by atoms with E-state index >= 15 is 0 Å². The summed E-state index contributed by atoms with van der Waals surface area (Å²) < 4.78 is 10.5. The zero-order valence-corrected chi connectivity index (χ0v) is 22.9. The first-order valence-corrected chi connectivity index (χ1v) is 13.0. The number of rotatable bonds is 8. The minimum absolute atomic E-state index is 0.272. The van der Waals surface area contributed by atoms with Crippen molar-refractivity contribution in [3.8, 4) is 11.5 Å². The molecule has 0 aromatic heterocycles. The molecule has 0 bridgehead atoms. The van der Waals surface area contributed by atoms with Gasteiger partial charge in [-0.25, -0.2) is 9.59 Å². The summed E-state index contributed by atoms with van der Waals surface area (Å²) in [6, 6.07) is 23.4. The fourth-order valence-corrected chi connectivity index (χ4v) is 4.36. The number of hydrogen-bond donors (Lipinski definition) is 2. The molecule has 208 valence electrons. The van der Waals surface area contributed by atoms with Crippen molar-refractivity contribution in [2.24, 2.45) is 0 Å². The molecule has 0 amide bonds. The molecule has 8 heteroatoms. The second-order valence-corrected chi connectivity index (χ2v) is 9.75. The molecule has 0 saturated heterocycles. The van der Waals surface area contributed by atoms with Crippen molar-refractivity contribution >= 4 is 46.3 Å². The van der Waals surface area contributed by atoms with Gasteiger partial charge in [-0.2, -0.15) is 0 Å². The lowest BCUT2D eigenvalue weighted by Crippen LogP contribution is -2.23. The van der Waals surface area contributed by atoms with Crippen molar-refractivity contribution in [1.29, 1.82) is 0 Å². The van der Waals surface area contributed by atoms with Crippen molar-refractivity contribution in [1.82, 2.24) is 0 Å². The van der Waals surface area contributed by atoms with Gasteiger partial charge in [0.25, 0.3) is 0 Å². The Hall–Kier alpha value is -5.76. The van der Waals surface area contributed by atoms with Crippen LogP contribution in [0.4, 0.5) is 22.7 Å². The van der Waals surface area contributed by atoms with Gasteiger partial charge in [0.1, 0.15) is 11.5 Å². The van der Waals surface area contributed by atoms with Crippen LogP contribution in [0, 0.1) is 0 Å². The zero-order chi connectivity index (χ0) is 30.0. The molecule has 4 aromatic carbocycles. The maximum Gasteiger partial charge on any atom is 0.338 e. The molecule has 4 aromatic rings. The van der Waals surface area contributed by atoms with E-state index in [4.69, 9.17) is 9.47 Å². The lowest BCUT2D eigenvalue weighted by molar-refractivity contribution is -0.130. The Labute approximate surface area is 242 Å². The van der Waals surface area contributed by atoms with Crippen LogP contribution in [-0.4, -0.2) is 23.5 Å². The fraction of sp³-hybridized carbons (Fsp3) is 0.0588. The monoisotopic (exact) mass is 558 g/mol. The highest BCUT2D eigenvalue weighted by Gasteiger charge is 2.33. The van der Waals surface area contributed by atoms with E-state index < -0.39 is 11.9 Å². The number of hydrogen-bond acceptors (Lipinski definition) is 8. The van der Waals surface area contributed by atoms with Gasteiger partial charge in [0.05, 0.1) is 22.5 Å². The van der Waals surface area contributed by atoms with Crippen LogP contribution in [0.2, 0.25) is 0 Å². The highest BCUT2D eigenvalue weighted by Crippen LogP contribution is 2.37. The third-order valence-electron chi connectivity index (χ3n) is 6.46. The van der Waals surface area contributed by atoms with Crippen molar-refractivity contribution in [2.45, 2.75) is 13.8 Å². The van der Waals surface area contributed by atoms with Crippen molar-refractivity contribution < 1.29 is 28.7 Å². The molecule has 2 N–H and O–H groups in total. The number of ketones is 2. The molecule has 0 unspecified atom stereocenters. The summed E-state index contributed by atoms with van der Waals surface area (Å²) in [6.07, 6.45) is 0. The Bertz CT molecular complexity index is 1650. The van der Waals surface area contributed by atoms with Crippen LogP contribution < -0.4 is 20.1 Å². The molecule has 1 aliphatic rings. The van der Waals surface area contributed by atoms with Gasteiger partial charge in [-0.15, -0.1) is 0 Å². The molecule has 0 fully saturated rings. The largest absolute Gasteiger partial charge is 0.423 e. The van der Waals surface area contributed by atoms with E-state index in [1.807, 2.05) is 0 Å². The van der Waals surface area contributed by atoms with Crippen molar-refractivity contribution in [2.75, 3.05) is 10.6 Å². The maximum absolute atomic E-state index is 13.8. The van der Waals surface area contributed by atoms with E-state index in [-0.39, 0.29) is 45.0 Å². The first-order valence-electron chi connectivity index (χ1n) is 13.0. The van der Waals surface area contributed by atoms with Crippen LogP contribution >= 0.6 is 0 Å². The number of ether oxygens (including phenoxy) is 2. The summed E-state index contributed by atoms with van der Waals surface area (Å²) in [5.41, 5.74) is 3.89. The molecule has 1 aliphatic carbocycles. The highest BCUT2D eigenvalue weighted by atomic mass is 16.5. The minimum atomic E-state index is -0.523. The molecule has 0 aliphatic heterocycles. The van der Waals surface area contributed by atoms with Gasteiger partial charge in [0.2, 0.25) is 0 Å². The lowest BCUT2D eigenvalue weighted by atomic mass is 9.82. The van der Waals surface area contributed by atoms with Gasteiger partial charge in [0, 0.05) is 33.6 Å². The van der Waals surface area contributed by atoms with Gasteiger partial charge in [-0.05, 0) is 74.5 Å². The molecule has 0 heterocycles. The third kappa shape index (κ3) is 5.59. The van der Waals surface area contributed by atoms with Crippen LogP contribution in [0.5, 0.6) is 11.5 Å². The van der Waals surface area contributed by atoms with E-state index in [2.05, 4.69) is 23.8 Å². The van der Waals surface area contributed by atoms with Gasteiger partial charge in [-0.3, -0.25) is 9.59 Å². The second kappa shape index (κ2) is 11.4. The molecule has 0 saturated carbocycles. The molecule has 5 rings (SSSR count). The Morgan fingerprint density at radius 1 is 0.571 bits per heavy atom. The predicted octanol–water partition coefficient (Wildman–Crippen LogP) is 6.91. The standard InChI is InChI=1S/C34H26N2O6/c1-19(2)33(39)41-23-15-11-21(12-16-23)35-27-9-5-7-25-29(27)31(37)26-8-6-10-28(30(26)32(25)38)36-22-13-17-24(18-14-22)42-34(40)20(3)4/h5-18,35-36H,1,3H2,2,4H3. The number of esters is 2. The summed E-state index contributed by atoms with van der Waals surface area (Å²) in [7, 11) is 0. The molecular formula is C34H26N2O6. The summed E-state index contributed by atoms with van der Waals surface area (Å²) >= 11 is 0. The number of anilines is 4. The first-order chi connectivity index (χ1) is 20.1. The summed E-state index contributed by atoms with van der Waals surface area (Å²) in [6.45, 7) is 10.3. The third-order valence-corrected chi connectivity index (χ3v) is 6.46. The predicted molar refractivity (Wildman–Crippen MR) is 160 cm³/mol. The average molecular weight is 559 g/mol. The van der Waals surface area contributed by atoms with Crippen LogP contribution in [0.3, 0.4) is 0 Å². The molecule has 0 radical (unpaired) electrons. The average Bonchev–Trinajstić information content (AvgIpc) is 2.97. The van der Waals surface area contributed by atoms with Crippen LogP contribution in [0.25, 0.3) is 0 Å². The smallest absolute Gasteiger partial charge is 0.338 e. The number of carbonyl (C=O) groups excluding carboxylic acids is 4. The fourth-order valence-electron chi connectivity index (χ4n) is 4.36. The van der Waals surface area contributed by atoms with E-state index in [0.29, 0.717) is 34.2 Å². The number of fused-ring (bicyclic) bond motifs is 2. The minimum Gasteiger partial charge on any atom is -0.423 e. The van der Waals surface area contributed by atoms with E-state index in [9.17, 15) is 19.2 Å². The van der Waals surface area contributed by atoms with E-state index in [1.165, 1.54) is 0 Å². The Morgan fingerprint density at radius 3 is 1.26 bits per heavy atom. The topological polar surface area (TPSA) is 111 Å². The van der Waals surface area contributed by atoms with E-state index in [1.54, 1.807) is 98.8 Å². The first kappa shape index (κ1) is 27.8. The van der Waals surface area contributed by atoms with Crippen molar-refractivity contribution in [3.05, 3.63) is 131 Å². The Kier molecular flexibility index (Phi) is 7.53. The number of carbonyl (C=O) groups is 4.